The van der Waals surface area contributed by atoms with E-state index in [2.05, 4.69) is 29.3 Å². The van der Waals surface area contributed by atoms with Crippen molar-refractivity contribution < 1.29 is 14.4 Å². The Labute approximate surface area is 157 Å². The van der Waals surface area contributed by atoms with E-state index in [1.54, 1.807) is 7.11 Å². The van der Waals surface area contributed by atoms with Crippen LogP contribution < -0.4 is 19.9 Å². The molecule has 2 aliphatic rings. The SMILES string of the molecule is COc1ccc(N2CC[NH+]([C@H](C)C(=O)NC3CCCCCC3)CC2)cc1. The van der Waals surface area contributed by atoms with Gasteiger partial charge in [-0.3, -0.25) is 4.79 Å². The predicted octanol–water partition coefficient (Wildman–Crippen LogP) is 1.63. The van der Waals surface area contributed by atoms with Gasteiger partial charge in [-0.05, 0) is 44.0 Å². The summed E-state index contributed by atoms with van der Waals surface area (Å²) in [5.74, 6) is 1.13. The van der Waals surface area contributed by atoms with Gasteiger partial charge < -0.3 is 19.9 Å². The highest BCUT2D eigenvalue weighted by molar-refractivity contribution is 5.80. The third-order valence-electron chi connectivity index (χ3n) is 6.05. The largest absolute Gasteiger partial charge is 0.497 e. The summed E-state index contributed by atoms with van der Waals surface area (Å²) in [7, 11) is 1.69. The van der Waals surface area contributed by atoms with Gasteiger partial charge in [0.1, 0.15) is 5.75 Å². The lowest BCUT2D eigenvalue weighted by atomic mass is 10.1. The second-order valence-corrected chi connectivity index (χ2v) is 7.76. The third kappa shape index (κ3) is 4.91. The smallest absolute Gasteiger partial charge is 0.278 e. The van der Waals surface area contributed by atoms with Gasteiger partial charge >= 0.3 is 0 Å². The van der Waals surface area contributed by atoms with Gasteiger partial charge in [0.15, 0.2) is 6.04 Å². The first-order chi connectivity index (χ1) is 12.7. The van der Waals surface area contributed by atoms with Crippen molar-refractivity contribution in [2.24, 2.45) is 0 Å². The lowest BCUT2D eigenvalue weighted by molar-refractivity contribution is -0.914. The molecular formula is C21H34N3O2+. The maximum atomic E-state index is 12.7. The summed E-state index contributed by atoms with van der Waals surface area (Å²) >= 11 is 0. The maximum absolute atomic E-state index is 12.7. The number of hydrogen-bond donors (Lipinski definition) is 2. The van der Waals surface area contributed by atoms with Crippen LogP contribution in [0.2, 0.25) is 0 Å². The highest BCUT2D eigenvalue weighted by Gasteiger charge is 2.30. The van der Waals surface area contributed by atoms with Gasteiger partial charge in [-0.15, -0.1) is 0 Å². The molecule has 0 aromatic heterocycles. The molecule has 0 spiro atoms. The molecule has 1 amide bonds. The van der Waals surface area contributed by atoms with E-state index in [1.807, 2.05) is 12.1 Å². The van der Waals surface area contributed by atoms with Crippen LogP contribution in [0.4, 0.5) is 5.69 Å². The van der Waals surface area contributed by atoms with Crippen molar-refractivity contribution in [3.8, 4) is 5.75 Å². The second-order valence-electron chi connectivity index (χ2n) is 7.76. The number of piperazine rings is 1. The maximum Gasteiger partial charge on any atom is 0.278 e. The molecule has 3 rings (SSSR count). The van der Waals surface area contributed by atoms with Crippen molar-refractivity contribution in [3.63, 3.8) is 0 Å². The molecule has 1 aliphatic carbocycles. The van der Waals surface area contributed by atoms with Crippen molar-refractivity contribution in [2.45, 2.75) is 57.5 Å². The Morgan fingerprint density at radius 2 is 1.73 bits per heavy atom. The first-order valence-electron chi connectivity index (χ1n) is 10.2. The highest BCUT2D eigenvalue weighted by Crippen LogP contribution is 2.19. The molecule has 144 valence electrons. The number of amides is 1. The number of ether oxygens (including phenoxy) is 1. The van der Waals surface area contributed by atoms with Gasteiger partial charge in [0, 0.05) is 11.7 Å². The summed E-state index contributed by atoms with van der Waals surface area (Å²) in [5.41, 5.74) is 1.24. The molecule has 1 aliphatic heterocycles. The molecule has 1 heterocycles. The number of carbonyl (C=O) groups is 1. The molecule has 1 saturated carbocycles. The van der Waals surface area contributed by atoms with Gasteiger partial charge in [-0.2, -0.15) is 0 Å². The predicted molar refractivity (Wildman–Crippen MR) is 105 cm³/mol. The quantitative estimate of drug-likeness (QED) is 0.785. The molecule has 1 aromatic carbocycles. The van der Waals surface area contributed by atoms with Gasteiger partial charge in [-0.25, -0.2) is 0 Å². The third-order valence-corrected chi connectivity index (χ3v) is 6.05. The van der Waals surface area contributed by atoms with E-state index in [0.29, 0.717) is 6.04 Å². The number of rotatable bonds is 5. The summed E-state index contributed by atoms with van der Waals surface area (Å²) in [6.07, 6.45) is 7.46. The van der Waals surface area contributed by atoms with Crippen LogP contribution in [0, 0.1) is 0 Å². The summed E-state index contributed by atoms with van der Waals surface area (Å²) in [4.78, 5) is 16.5. The van der Waals surface area contributed by atoms with E-state index in [-0.39, 0.29) is 11.9 Å². The van der Waals surface area contributed by atoms with E-state index >= 15 is 0 Å². The Morgan fingerprint density at radius 1 is 1.12 bits per heavy atom. The van der Waals surface area contributed by atoms with Crippen LogP contribution in [0.1, 0.15) is 45.4 Å². The Hall–Kier alpha value is -1.75. The number of methoxy groups -OCH3 is 1. The normalized spacial score (nSPS) is 21.1. The molecule has 5 nitrogen and oxygen atoms in total. The minimum absolute atomic E-state index is 0.0382. The van der Waals surface area contributed by atoms with Gasteiger partial charge in [0.05, 0.1) is 33.3 Å². The van der Waals surface area contributed by atoms with Crippen LogP contribution in [0.3, 0.4) is 0 Å². The van der Waals surface area contributed by atoms with Gasteiger partial charge in [0.25, 0.3) is 5.91 Å². The fraction of sp³-hybridized carbons (Fsp3) is 0.667. The first kappa shape index (κ1) is 19.0. The van der Waals surface area contributed by atoms with Crippen molar-refractivity contribution in [1.82, 2.24) is 5.32 Å². The topological polar surface area (TPSA) is 46.0 Å². The molecule has 0 bridgehead atoms. The van der Waals surface area contributed by atoms with Crippen LogP contribution in [0.5, 0.6) is 5.75 Å². The Morgan fingerprint density at radius 3 is 2.31 bits per heavy atom. The summed E-state index contributed by atoms with van der Waals surface area (Å²) in [6, 6.07) is 8.69. The van der Waals surface area contributed by atoms with E-state index < -0.39 is 0 Å². The van der Waals surface area contributed by atoms with Crippen molar-refractivity contribution >= 4 is 11.6 Å². The standard InChI is InChI=1S/C21H33N3O2/c1-17(21(25)22-18-7-5-3-4-6-8-18)23-13-15-24(16-14-23)19-9-11-20(26-2)12-10-19/h9-12,17-18H,3-8,13-16H2,1-2H3,(H,22,25)/p+1/t17-/m1/s1. The Balaban J connectivity index is 1.47. The van der Waals surface area contributed by atoms with Crippen molar-refractivity contribution in [1.29, 1.82) is 0 Å². The molecule has 0 unspecified atom stereocenters. The van der Waals surface area contributed by atoms with Gasteiger partial charge in [0.2, 0.25) is 0 Å². The zero-order chi connectivity index (χ0) is 18.4. The monoisotopic (exact) mass is 360 g/mol. The second kappa shape index (κ2) is 9.26. The summed E-state index contributed by atoms with van der Waals surface area (Å²) < 4.78 is 5.23. The minimum Gasteiger partial charge on any atom is -0.497 e. The Kier molecular flexibility index (Phi) is 6.78. The zero-order valence-corrected chi connectivity index (χ0v) is 16.3. The van der Waals surface area contributed by atoms with Gasteiger partial charge in [-0.1, -0.05) is 25.7 Å². The number of nitrogens with zero attached hydrogens (tertiary/aromatic N) is 1. The molecule has 26 heavy (non-hydrogen) atoms. The van der Waals surface area contributed by atoms with E-state index in [9.17, 15) is 4.79 Å². The number of quaternary nitrogens is 1. The molecule has 2 fully saturated rings. The number of carbonyl (C=O) groups excluding carboxylic acids is 1. The number of nitrogens with one attached hydrogen (secondary N) is 2. The van der Waals surface area contributed by atoms with E-state index in [1.165, 1.54) is 36.3 Å². The molecule has 0 radical (unpaired) electrons. The molecule has 1 atom stereocenters. The molecule has 1 saturated heterocycles. The highest BCUT2D eigenvalue weighted by atomic mass is 16.5. The number of benzene rings is 1. The Bertz CT molecular complexity index is 559. The van der Waals surface area contributed by atoms with Crippen molar-refractivity contribution in [2.75, 3.05) is 38.2 Å². The first-order valence-corrected chi connectivity index (χ1v) is 10.2. The van der Waals surface area contributed by atoms with Crippen LogP contribution >= 0.6 is 0 Å². The summed E-state index contributed by atoms with van der Waals surface area (Å²) in [6.45, 7) is 6.08. The van der Waals surface area contributed by atoms with Crippen LogP contribution in [0.25, 0.3) is 0 Å². The molecule has 1 aromatic rings. The minimum atomic E-state index is 0.0382. The molecular weight excluding hydrogens is 326 g/mol. The van der Waals surface area contributed by atoms with Crippen molar-refractivity contribution in [3.05, 3.63) is 24.3 Å². The zero-order valence-electron chi connectivity index (χ0n) is 16.3. The average Bonchev–Trinajstić information content (AvgIpc) is 2.96. The van der Waals surface area contributed by atoms with Crippen LogP contribution in [0.15, 0.2) is 24.3 Å². The average molecular weight is 361 g/mol. The fourth-order valence-electron chi connectivity index (χ4n) is 4.21. The number of hydrogen-bond acceptors (Lipinski definition) is 3. The summed E-state index contributed by atoms with van der Waals surface area (Å²) in [5, 5.41) is 3.32. The molecule has 5 heteroatoms. The lowest BCUT2D eigenvalue weighted by Gasteiger charge is -2.36. The van der Waals surface area contributed by atoms with E-state index in [4.69, 9.17) is 4.74 Å². The molecule has 2 N–H and O–H groups in total. The number of anilines is 1. The van der Waals surface area contributed by atoms with Crippen LogP contribution in [-0.4, -0.2) is 51.3 Å². The fourth-order valence-corrected chi connectivity index (χ4v) is 4.21. The lowest BCUT2D eigenvalue weighted by Crippen LogP contribution is -3.19. The van der Waals surface area contributed by atoms with E-state index in [0.717, 1.165) is 44.8 Å². The van der Waals surface area contributed by atoms with Crippen LogP contribution in [-0.2, 0) is 4.79 Å².